The number of nitrogens with zero attached hydrogens (tertiary/aromatic N) is 2. The molecule has 0 amide bonds. The van der Waals surface area contributed by atoms with Crippen molar-refractivity contribution in [1.82, 2.24) is 14.8 Å². The largest absolute Gasteiger partial charge is 0.480 e. The van der Waals surface area contributed by atoms with Gasteiger partial charge < -0.3 is 10.8 Å². The summed E-state index contributed by atoms with van der Waals surface area (Å²) in [7, 11) is 0. The molecule has 0 radical (unpaired) electrons. The molecule has 0 aliphatic heterocycles. The molecule has 1 heterocycles. The van der Waals surface area contributed by atoms with Gasteiger partial charge in [0.2, 0.25) is 5.15 Å². The van der Waals surface area contributed by atoms with Crippen molar-refractivity contribution in [2.75, 3.05) is 0 Å². The molecular weight excluding hydrogens is 228 g/mol. The van der Waals surface area contributed by atoms with E-state index < -0.39 is 28.4 Å². The minimum atomic E-state index is -1.29. The van der Waals surface area contributed by atoms with Gasteiger partial charge in [0.05, 0.1) is 6.54 Å². The molecule has 0 saturated carbocycles. The molecule has 0 spiro atoms. The number of carbonyl (C=O) groups is 1. The lowest BCUT2D eigenvalue weighted by atomic mass is 10.3. The summed E-state index contributed by atoms with van der Waals surface area (Å²) in [6, 6.07) is -1.29. The first kappa shape index (κ1) is 11.4. The number of rotatable bonds is 3. The van der Waals surface area contributed by atoms with Gasteiger partial charge in [0.1, 0.15) is 6.04 Å². The average molecular weight is 235 g/mol. The van der Waals surface area contributed by atoms with Crippen molar-refractivity contribution in [3.8, 4) is 0 Å². The molecule has 0 fully saturated rings. The maximum atomic E-state index is 11.1. The normalized spacial score (nSPS) is 12.4. The van der Waals surface area contributed by atoms with Crippen LogP contribution in [0.4, 0.5) is 0 Å². The molecule has 9 heteroatoms. The Morgan fingerprint density at radius 3 is 2.80 bits per heavy atom. The van der Waals surface area contributed by atoms with Crippen LogP contribution < -0.4 is 17.0 Å². The highest BCUT2D eigenvalue weighted by Crippen LogP contribution is 1.90. The van der Waals surface area contributed by atoms with E-state index in [0.717, 1.165) is 0 Å². The molecule has 15 heavy (non-hydrogen) atoms. The van der Waals surface area contributed by atoms with Gasteiger partial charge in [-0.25, -0.2) is 9.48 Å². The molecule has 0 aliphatic rings. The minimum Gasteiger partial charge on any atom is -0.480 e. The summed E-state index contributed by atoms with van der Waals surface area (Å²) in [5.74, 6) is -1.29. The highest BCUT2D eigenvalue weighted by Gasteiger charge is 2.14. The zero-order valence-corrected chi connectivity index (χ0v) is 8.06. The monoisotopic (exact) mass is 234 g/mol. The molecule has 1 rings (SSSR count). The summed E-state index contributed by atoms with van der Waals surface area (Å²) >= 11 is 5.35. The summed E-state index contributed by atoms with van der Waals surface area (Å²) in [6.07, 6.45) is 0. The topological polar surface area (TPSA) is 131 Å². The van der Waals surface area contributed by atoms with Crippen molar-refractivity contribution in [3.05, 3.63) is 26.0 Å². The molecule has 0 bridgehead atoms. The number of hydrogen-bond donors (Lipinski definition) is 3. The number of halogens is 1. The van der Waals surface area contributed by atoms with Crippen LogP contribution in [0.2, 0.25) is 5.15 Å². The summed E-state index contributed by atoms with van der Waals surface area (Å²) in [6.45, 7) is -0.370. The summed E-state index contributed by atoms with van der Waals surface area (Å²) < 4.78 is 0.683. The highest BCUT2D eigenvalue weighted by molar-refractivity contribution is 6.29. The third-order valence-electron chi connectivity index (χ3n) is 1.54. The van der Waals surface area contributed by atoms with Gasteiger partial charge in [-0.15, -0.1) is 0 Å². The first-order valence-corrected chi connectivity index (χ1v) is 4.15. The van der Waals surface area contributed by atoms with Crippen LogP contribution in [0.5, 0.6) is 0 Å². The number of carboxylic acid groups (broad SMARTS) is 1. The Morgan fingerprint density at radius 1 is 1.67 bits per heavy atom. The van der Waals surface area contributed by atoms with Crippen LogP contribution in [0.15, 0.2) is 9.59 Å². The van der Waals surface area contributed by atoms with Gasteiger partial charge in [-0.2, -0.15) is 5.10 Å². The minimum absolute atomic E-state index is 0.370. The Morgan fingerprint density at radius 2 is 2.27 bits per heavy atom. The van der Waals surface area contributed by atoms with Crippen LogP contribution in [-0.2, 0) is 11.3 Å². The Hall–Kier alpha value is -1.67. The smallest absolute Gasteiger partial charge is 0.344 e. The van der Waals surface area contributed by atoms with E-state index in [0.29, 0.717) is 4.68 Å². The van der Waals surface area contributed by atoms with Crippen LogP contribution in [0, 0.1) is 0 Å². The zero-order chi connectivity index (χ0) is 11.6. The third-order valence-corrected chi connectivity index (χ3v) is 1.78. The molecule has 0 aliphatic carbocycles. The lowest BCUT2D eigenvalue weighted by molar-refractivity contribution is -0.138. The molecule has 1 aromatic rings. The van der Waals surface area contributed by atoms with Crippen molar-refractivity contribution < 1.29 is 9.90 Å². The van der Waals surface area contributed by atoms with Gasteiger partial charge in [-0.05, 0) is 0 Å². The van der Waals surface area contributed by atoms with E-state index in [1.165, 1.54) is 0 Å². The van der Waals surface area contributed by atoms with Crippen LogP contribution in [0.25, 0.3) is 0 Å². The van der Waals surface area contributed by atoms with Crippen molar-refractivity contribution in [2.24, 2.45) is 5.73 Å². The van der Waals surface area contributed by atoms with Crippen molar-refractivity contribution in [3.63, 3.8) is 0 Å². The highest BCUT2D eigenvalue weighted by atomic mass is 35.5. The van der Waals surface area contributed by atoms with Crippen molar-refractivity contribution >= 4 is 17.6 Å². The maximum Gasteiger partial charge on any atom is 0.344 e. The van der Waals surface area contributed by atoms with Gasteiger partial charge in [0.15, 0.2) is 0 Å². The Labute approximate surface area is 87.3 Å². The molecule has 0 unspecified atom stereocenters. The van der Waals surface area contributed by atoms with E-state index in [2.05, 4.69) is 5.10 Å². The predicted molar refractivity (Wildman–Crippen MR) is 49.7 cm³/mol. The molecule has 1 aromatic heterocycles. The van der Waals surface area contributed by atoms with Gasteiger partial charge in [0.25, 0.3) is 5.56 Å². The Bertz CT molecular complexity index is 493. The SMILES string of the molecule is N[C@@H](Cn1nc(Cl)c(=O)[nH]c1=O)C(=O)O. The number of aliphatic carboxylic acids is 1. The van der Waals surface area contributed by atoms with E-state index in [1.807, 2.05) is 4.98 Å². The number of hydrogen-bond acceptors (Lipinski definition) is 5. The first-order valence-electron chi connectivity index (χ1n) is 3.77. The maximum absolute atomic E-state index is 11.1. The van der Waals surface area contributed by atoms with Crippen LogP contribution in [-0.4, -0.2) is 31.9 Å². The predicted octanol–water partition coefficient (Wildman–Crippen LogP) is -2.00. The summed E-state index contributed by atoms with van der Waals surface area (Å²) in [5.41, 5.74) is 3.48. The Balaban J connectivity index is 3.06. The number of aromatic nitrogens is 3. The van der Waals surface area contributed by atoms with E-state index in [4.69, 9.17) is 22.4 Å². The van der Waals surface area contributed by atoms with E-state index in [-0.39, 0.29) is 6.54 Å². The summed E-state index contributed by atoms with van der Waals surface area (Å²) in [4.78, 5) is 34.1. The molecule has 0 aromatic carbocycles. The van der Waals surface area contributed by atoms with Gasteiger partial charge >= 0.3 is 11.7 Å². The zero-order valence-electron chi connectivity index (χ0n) is 7.31. The second-order valence-electron chi connectivity index (χ2n) is 2.68. The van der Waals surface area contributed by atoms with Crippen molar-refractivity contribution in [2.45, 2.75) is 12.6 Å². The first-order chi connectivity index (χ1) is 6.91. The van der Waals surface area contributed by atoms with Gasteiger partial charge in [0, 0.05) is 0 Å². The van der Waals surface area contributed by atoms with Crippen molar-refractivity contribution in [1.29, 1.82) is 0 Å². The second-order valence-corrected chi connectivity index (χ2v) is 3.03. The molecule has 1 atom stereocenters. The fraction of sp³-hybridized carbons (Fsp3) is 0.333. The molecule has 82 valence electrons. The second kappa shape index (κ2) is 4.24. The number of nitrogens with one attached hydrogen (secondary N) is 1. The van der Waals surface area contributed by atoms with Crippen LogP contribution in [0.1, 0.15) is 0 Å². The van der Waals surface area contributed by atoms with E-state index in [1.54, 1.807) is 0 Å². The van der Waals surface area contributed by atoms with Crippen LogP contribution in [0.3, 0.4) is 0 Å². The van der Waals surface area contributed by atoms with E-state index >= 15 is 0 Å². The number of aromatic amines is 1. The third kappa shape index (κ3) is 2.64. The number of H-pyrrole nitrogens is 1. The fourth-order valence-electron chi connectivity index (χ4n) is 0.798. The van der Waals surface area contributed by atoms with Gasteiger partial charge in [-0.1, -0.05) is 11.6 Å². The lowest BCUT2D eigenvalue weighted by Crippen LogP contribution is -2.41. The van der Waals surface area contributed by atoms with Crippen LogP contribution >= 0.6 is 11.6 Å². The Kier molecular flexibility index (Phi) is 3.22. The fourth-order valence-corrected chi connectivity index (χ4v) is 0.937. The lowest BCUT2D eigenvalue weighted by Gasteiger charge is -2.06. The molecule has 4 N–H and O–H groups in total. The standard InChI is InChI=1S/C6H7ClN4O4/c7-3-4(12)9-6(15)11(10-3)1-2(8)5(13)14/h2H,1,8H2,(H,13,14)(H,9,12,15)/t2-/m0/s1. The quantitative estimate of drug-likeness (QED) is 0.554. The molecular formula is C6H7ClN4O4. The van der Waals surface area contributed by atoms with Gasteiger partial charge in [-0.3, -0.25) is 14.6 Å². The van der Waals surface area contributed by atoms with E-state index in [9.17, 15) is 14.4 Å². The average Bonchev–Trinajstić information content (AvgIpc) is 2.13. The molecule has 0 saturated heterocycles. The molecule has 8 nitrogen and oxygen atoms in total. The number of carboxylic acids is 1. The number of nitrogens with two attached hydrogens (primary N) is 1. The summed E-state index contributed by atoms with van der Waals surface area (Å²) in [5, 5.41) is 11.4.